The van der Waals surface area contributed by atoms with Gasteiger partial charge in [-0.3, -0.25) is 0 Å². The van der Waals surface area contributed by atoms with Crippen LogP contribution in [0, 0.1) is 53.3 Å². The van der Waals surface area contributed by atoms with E-state index in [9.17, 15) is 0 Å². The average Bonchev–Trinajstić information content (AvgIpc) is 2.55. The lowest BCUT2D eigenvalue weighted by molar-refractivity contribution is 0.0898. The highest BCUT2D eigenvalue weighted by atomic mass is 14.4. The van der Waals surface area contributed by atoms with Crippen LogP contribution in [0.3, 0.4) is 0 Å². The third-order valence-electron chi connectivity index (χ3n) is 8.06. The van der Waals surface area contributed by atoms with Crippen LogP contribution >= 0.6 is 0 Å². The summed E-state index contributed by atoms with van der Waals surface area (Å²) in [7, 11) is 0. The molecule has 0 aromatic rings. The second-order valence-corrected chi connectivity index (χ2v) is 8.78. The van der Waals surface area contributed by atoms with Crippen LogP contribution < -0.4 is 0 Å². The molecule has 0 radical (unpaired) electrons. The molecule has 0 aliphatic carbocycles. The summed E-state index contributed by atoms with van der Waals surface area (Å²) in [6.45, 7) is 27.0. The van der Waals surface area contributed by atoms with E-state index in [1.54, 1.807) is 0 Å². The zero-order chi connectivity index (χ0) is 17.6. The predicted molar refractivity (Wildman–Crippen MR) is 117 cm³/mol. The highest BCUT2D eigenvalue weighted by Crippen LogP contribution is 2.40. The monoisotopic (exact) mass is 342 g/mol. The second kappa shape index (κ2) is 13.2. The van der Waals surface area contributed by atoms with E-state index in [0.29, 0.717) is 0 Å². The Hall–Kier alpha value is 0. The summed E-state index contributed by atoms with van der Waals surface area (Å²) in [6.07, 6.45) is 2.62. The molecule has 0 aromatic carbocycles. The summed E-state index contributed by atoms with van der Waals surface area (Å²) >= 11 is 0. The van der Waals surface area contributed by atoms with Crippen molar-refractivity contribution in [3.8, 4) is 0 Å². The number of hydrogen-bond donors (Lipinski definition) is 0. The van der Waals surface area contributed by atoms with Gasteiger partial charge in [-0.1, -0.05) is 104 Å². The van der Waals surface area contributed by atoms with E-state index < -0.39 is 0 Å². The van der Waals surface area contributed by atoms with Gasteiger partial charge in [0.1, 0.15) is 0 Å². The van der Waals surface area contributed by atoms with E-state index in [-0.39, 0.29) is 14.9 Å². The Labute approximate surface area is 157 Å². The van der Waals surface area contributed by atoms with E-state index >= 15 is 0 Å². The normalized spacial score (nSPS) is 22.6. The van der Waals surface area contributed by atoms with Crippen molar-refractivity contribution in [3.05, 3.63) is 0 Å². The molecule has 0 amide bonds. The first-order valence-corrected chi connectivity index (χ1v) is 10.1. The largest absolute Gasteiger partial charge is 0.0776 e. The zero-order valence-corrected chi connectivity index (χ0v) is 17.6. The average molecular weight is 343 g/mol. The topological polar surface area (TPSA) is 0 Å². The molecule has 0 spiro atoms. The maximum atomic E-state index is 2.51. The Balaban J connectivity index is -0.00000220. The van der Waals surface area contributed by atoms with Gasteiger partial charge in [0.25, 0.3) is 0 Å². The molecule has 24 heavy (non-hydrogen) atoms. The molecule has 0 rings (SSSR count). The fourth-order valence-corrected chi connectivity index (χ4v) is 4.17. The minimum absolute atomic E-state index is 0. The standard InChI is InChI=1S/C22H46.2CH4/c1-12-14(3)16(5)18(7)20(9)22(11)21(10)19(8)17(6)15(4)13-2;;/h14-22H,12-13H2,1-11H3;2*1H4. The lowest BCUT2D eigenvalue weighted by Gasteiger charge is -2.40. The molecule has 8 unspecified atom stereocenters. The van der Waals surface area contributed by atoms with Crippen LogP contribution in [-0.4, -0.2) is 0 Å². The van der Waals surface area contributed by atoms with Gasteiger partial charge in [0.15, 0.2) is 0 Å². The second-order valence-electron chi connectivity index (χ2n) is 8.78. The highest BCUT2D eigenvalue weighted by Gasteiger charge is 2.33. The van der Waals surface area contributed by atoms with Crippen molar-refractivity contribution in [2.24, 2.45) is 53.3 Å². The van der Waals surface area contributed by atoms with Crippen molar-refractivity contribution in [2.75, 3.05) is 0 Å². The summed E-state index contributed by atoms with van der Waals surface area (Å²) in [5.41, 5.74) is 0. The third kappa shape index (κ3) is 7.49. The van der Waals surface area contributed by atoms with Gasteiger partial charge in [-0.25, -0.2) is 0 Å². The Kier molecular flexibility index (Phi) is 15.9. The quantitative estimate of drug-likeness (QED) is 0.372. The van der Waals surface area contributed by atoms with Gasteiger partial charge in [0.05, 0.1) is 0 Å². The molecule has 0 aromatic heterocycles. The molecule has 0 N–H and O–H groups in total. The van der Waals surface area contributed by atoms with Gasteiger partial charge in [-0.15, -0.1) is 0 Å². The van der Waals surface area contributed by atoms with Gasteiger partial charge < -0.3 is 0 Å². The summed E-state index contributed by atoms with van der Waals surface area (Å²) < 4.78 is 0. The van der Waals surface area contributed by atoms with Crippen LogP contribution in [0.15, 0.2) is 0 Å². The van der Waals surface area contributed by atoms with Gasteiger partial charge in [-0.05, 0) is 53.3 Å². The highest BCUT2D eigenvalue weighted by molar-refractivity contribution is 4.82. The Morgan fingerprint density at radius 3 is 0.708 bits per heavy atom. The number of rotatable bonds is 10. The Morgan fingerprint density at radius 1 is 0.375 bits per heavy atom. The van der Waals surface area contributed by atoms with Crippen LogP contribution in [-0.2, 0) is 0 Å². The van der Waals surface area contributed by atoms with Gasteiger partial charge in [-0.2, -0.15) is 0 Å². The molecule has 0 fully saturated rings. The van der Waals surface area contributed by atoms with Crippen LogP contribution in [0.2, 0.25) is 0 Å². The first-order valence-electron chi connectivity index (χ1n) is 10.1. The van der Waals surface area contributed by atoms with Gasteiger partial charge in [0, 0.05) is 0 Å². The molecule has 0 aliphatic heterocycles. The lowest BCUT2D eigenvalue weighted by Crippen LogP contribution is -2.33. The molecule has 150 valence electrons. The van der Waals surface area contributed by atoms with E-state index in [1.165, 1.54) is 12.8 Å². The van der Waals surface area contributed by atoms with Crippen molar-refractivity contribution >= 4 is 0 Å². The predicted octanol–water partition coefficient (Wildman–Crippen LogP) is 8.80. The van der Waals surface area contributed by atoms with Crippen LogP contribution in [0.25, 0.3) is 0 Å². The minimum Gasteiger partial charge on any atom is -0.0776 e. The number of hydrogen-bond acceptors (Lipinski definition) is 0. The van der Waals surface area contributed by atoms with E-state index in [1.807, 2.05) is 0 Å². The summed E-state index contributed by atoms with van der Waals surface area (Å²) in [5, 5.41) is 0. The summed E-state index contributed by atoms with van der Waals surface area (Å²) in [5.74, 6) is 7.41. The van der Waals surface area contributed by atoms with Crippen LogP contribution in [0.1, 0.15) is 104 Å². The van der Waals surface area contributed by atoms with Crippen LogP contribution in [0.4, 0.5) is 0 Å². The van der Waals surface area contributed by atoms with Crippen molar-refractivity contribution in [2.45, 2.75) is 104 Å². The zero-order valence-electron chi connectivity index (χ0n) is 17.6. The fraction of sp³-hybridized carbons (Fsp3) is 1.00. The smallest absolute Gasteiger partial charge is 0.0386 e. The van der Waals surface area contributed by atoms with Crippen LogP contribution in [0.5, 0.6) is 0 Å². The summed E-state index contributed by atoms with van der Waals surface area (Å²) in [6, 6.07) is 0. The Bertz CT molecular complexity index is 254. The molecular formula is C24H54. The van der Waals surface area contributed by atoms with E-state index in [4.69, 9.17) is 0 Å². The third-order valence-corrected chi connectivity index (χ3v) is 8.06. The fourth-order valence-electron chi connectivity index (χ4n) is 4.17. The Morgan fingerprint density at radius 2 is 0.542 bits per heavy atom. The van der Waals surface area contributed by atoms with Crippen molar-refractivity contribution < 1.29 is 0 Å². The molecule has 0 heterocycles. The van der Waals surface area contributed by atoms with Gasteiger partial charge >= 0.3 is 0 Å². The van der Waals surface area contributed by atoms with Crippen molar-refractivity contribution in [1.29, 1.82) is 0 Å². The van der Waals surface area contributed by atoms with E-state index in [0.717, 1.165) is 53.3 Å². The molecular weight excluding hydrogens is 288 g/mol. The molecule has 0 saturated carbocycles. The lowest BCUT2D eigenvalue weighted by atomic mass is 9.66. The molecule has 0 saturated heterocycles. The molecule has 0 aliphatic rings. The maximum absolute atomic E-state index is 2.51. The van der Waals surface area contributed by atoms with E-state index in [2.05, 4.69) is 76.2 Å². The maximum Gasteiger partial charge on any atom is -0.0386 e. The van der Waals surface area contributed by atoms with Crippen molar-refractivity contribution in [1.82, 2.24) is 0 Å². The summed E-state index contributed by atoms with van der Waals surface area (Å²) in [4.78, 5) is 0. The molecule has 0 heteroatoms. The minimum atomic E-state index is 0. The molecule has 0 bridgehead atoms. The SMILES string of the molecule is C.C.CCC(C)C(C)C(C)C(C)C(C)C(C)C(C)C(C)C(C)CC. The van der Waals surface area contributed by atoms with Gasteiger partial charge in [0.2, 0.25) is 0 Å². The first-order chi connectivity index (χ1) is 10.1. The van der Waals surface area contributed by atoms with Crippen molar-refractivity contribution in [3.63, 3.8) is 0 Å². The first kappa shape index (κ1) is 28.8. The molecule has 8 atom stereocenters. The molecule has 0 nitrogen and oxygen atoms in total.